The molecule has 0 bridgehead atoms. The van der Waals surface area contributed by atoms with Crippen molar-refractivity contribution < 1.29 is 0 Å². The van der Waals surface area contributed by atoms with Gasteiger partial charge in [0.25, 0.3) is 0 Å². The van der Waals surface area contributed by atoms with Crippen LogP contribution in [0.15, 0.2) is 29.2 Å². The highest BCUT2D eigenvalue weighted by molar-refractivity contribution is 7.99. The molecule has 1 aromatic carbocycles. The van der Waals surface area contributed by atoms with E-state index in [1.165, 1.54) is 22.6 Å². The molecule has 0 saturated carbocycles. The number of nitrogens with one attached hydrogen (secondary N) is 1. The molecule has 2 heteroatoms. The fraction of sp³-hybridized carbons (Fsp3) is 0.571. The van der Waals surface area contributed by atoms with Gasteiger partial charge in [0.15, 0.2) is 0 Å². The van der Waals surface area contributed by atoms with Gasteiger partial charge in [-0.25, -0.2) is 0 Å². The second kappa shape index (κ2) is 7.75. The quantitative estimate of drug-likeness (QED) is 0.569. The molecule has 90 valence electrons. The van der Waals surface area contributed by atoms with Crippen LogP contribution >= 0.6 is 11.8 Å². The lowest BCUT2D eigenvalue weighted by Gasteiger charge is -2.06. The zero-order valence-corrected chi connectivity index (χ0v) is 11.4. The van der Waals surface area contributed by atoms with Crippen LogP contribution in [0.3, 0.4) is 0 Å². The van der Waals surface area contributed by atoms with E-state index in [1.54, 1.807) is 0 Å². The predicted molar refractivity (Wildman–Crippen MR) is 74.0 cm³/mol. The van der Waals surface area contributed by atoms with Crippen LogP contribution in [0.2, 0.25) is 0 Å². The molecule has 0 aliphatic heterocycles. The van der Waals surface area contributed by atoms with Gasteiger partial charge in [0.1, 0.15) is 0 Å². The Morgan fingerprint density at radius 3 is 2.44 bits per heavy atom. The van der Waals surface area contributed by atoms with Crippen molar-refractivity contribution in [3.05, 3.63) is 29.8 Å². The largest absolute Gasteiger partial charge is 0.313 e. The van der Waals surface area contributed by atoms with E-state index in [0.29, 0.717) is 0 Å². The van der Waals surface area contributed by atoms with Crippen LogP contribution in [0.5, 0.6) is 0 Å². The number of thioether (sulfide) groups is 1. The molecule has 0 aromatic heterocycles. The average molecular weight is 237 g/mol. The molecule has 0 saturated heterocycles. The molecule has 0 aliphatic carbocycles. The Balaban J connectivity index is 2.35. The Bertz CT molecular complexity index is 279. The SMILES string of the molecule is CCCNCc1ccc(SCC(C)C)cc1. The van der Waals surface area contributed by atoms with Gasteiger partial charge >= 0.3 is 0 Å². The molecule has 16 heavy (non-hydrogen) atoms. The maximum atomic E-state index is 3.41. The van der Waals surface area contributed by atoms with Crippen molar-refractivity contribution in [3.63, 3.8) is 0 Å². The lowest BCUT2D eigenvalue weighted by atomic mass is 10.2. The monoisotopic (exact) mass is 237 g/mol. The van der Waals surface area contributed by atoms with Gasteiger partial charge < -0.3 is 5.32 Å². The van der Waals surface area contributed by atoms with Gasteiger partial charge in [0.2, 0.25) is 0 Å². The third-order valence-electron chi connectivity index (χ3n) is 2.26. The van der Waals surface area contributed by atoms with Crippen LogP contribution in [0, 0.1) is 5.92 Å². The van der Waals surface area contributed by atoms with Gasteiger partial charge in [0, 0.05) is 17.2 Å². The average Bonchev–Trinajstić information content (AvgIpc) is 2.28. The van der Waals surface area contributed by atoms with Gasteiger partial charge in [-0.1, -0.05) is 32.9 Å². The molecule has 1 nitrogen and oxygen atoms in total. The molecule has 0 aliphatic rings. The van der Waals surface area contributed by atoms with Gasteiger partial charge in [-0.2, -0.15) is 0 Å². The van der Waals surface area contributed by atoms with Crippen molar-refractivity contribution in [2.45, 2.75) is 38.6 Å². The van der Waals surface area contributed by atoms with E-state index in [4.69, 9.17) is 0 Å². The summed E-state index contributed by atoms with van der Waals surface area (Å²) in [5.74, 6) is 1.96. The molecule has 0 unspecified atom stereocenters. The Kier molecular flexibility index (Phi) is 6.58. The van der Waals surface area contributed by atoms with Crippen molar-refractivity contribution in [1.29, 1.82) is 0 Å². The molecular formula is C14H23NS. The van der Waals surface area contributed by atoms with E-state index in [1.807, 2.05) is 11.8 Å². The van der Waals surface area contributed by atoms with Gasteiger partial charge in [0.05, 0.1) is 0 Å². The van der Waals surface area contributed by atoms with E-state index in [0.717, 1.165) is 19.0 Å². The number of hydrogen-bond acceptors (Lipinski definition) is 2. The predicted octanol–water partition coefficient (Wildman–Crippen LogP) is 3.93. The summed E-state index contributed by atoms with van der Waals surface area (Å²) in [6.45, 7) is 8.80. The lowest BCUT2D eigenvalue weighted by molar-refractivity contribution is 0.675. The first-order valence-electron chi connectivity index (χ1n) is 6.14. The summed E-state index contributed by atoms with van der Waals surface area (Å²) in [4.78, 5) is 1.38. The Hall–Kier alpha value is -0.470. The zero-order valence-electron chi connectivity index (χ0n) is 10.6. The third kappa shape index (κ3) is 5.57. The first-order chi connectivity index (χ1) is 7.72. The molecule has 1 N–H and O–H groups in total. The van der Waals surface area contributed by atoms with Crippen molar-refractivity contribution in [3.8, 4) is 0 Å². The summed E-state index contributed by atoms with van der Waals surface area (Å²) >= 11 is 1.95. The van der Waals surface area contributed by atoms with Crippen molar-refractivity contribution in [2.75, 3.05) is 12.3 Å². The lowest BCUT2D eigenvalue weighted by Crippen LogP contribution is -2.13. The first-order valence-corrected chi connectivity index (χ1v) is 7.13. The van der Waals surface area contributed by atoms with Gasteiger partial charge in [-0.15, -0.1) is 11.8 Å². The van der Waals surface area contributed by atoms with Crippen molar-refractivity contribution in [1.82, 2.24) is 5.32 Å². The van der Waals surface area contributed by atoms with Crippen LogP contribution in [0.4, 0.5) is 0 Å². The van der Waals surface area contributed by atoms with Crippen LogP contribution in [0.1, 0.15) is 32.8 Å². The van der Waals surface area contributed by atoms with E-state index in [2.05, 4.69) is 50.4 Å². The summed E-state index contributed by atoms with van der Waals surface area (Å²) in [6.07, 6.45) is 1.20. The summed E-state index contributed by atoms with van der Waals surface area (Å²) in [7, 11) is 0. The second-order valence-corrected chi connectivity index (χ2v) is 5.62. The Morgan fingerprint density at radius 1 is 1.19 bits per heavy atom. The van der Waals surface area contributed by atoms with Crippen LogP contribution in [-0.2, 0) is 6.54 Å². The Morgan fingerprint density at radius 2 is 1.88 bits per heavy atom. The zero-order chi connectivity index (χ0) is 11.8. The van der Waals surface area contributed by atoms with E-state index >= 15 is 0 Å². The molecule has 0 radical (unpaired) electrons. The topological polar surface area (TPSA) is 12.0 Å². The highest BCUT2D eigenvalue weighted by atomic mass is 32.2. The summed E-state index contributed by atoms with van der Waals surface area (Å²) in [5, 5.41) is 3.41. The molecule has 0 heterocycles. The summed E-state index contributed by atoms with van der Waals surface area (Å²) in [6, 6.07) is 8.92. The molecule has 1 aromatic rings. The maximum absolute atomic E-state index is 3.41. The van der Waals surface area contributed by atoms with Gasteiger partial charge in [-0.05, 0) is 36.6 Å². The normalized spacial score (nSPS) is 11.0. The molecule has 0 atom stereocenters. The summed E-state index contributed by atoms with van der Waals surface area (Å²) in [5.41, 5.74) is 1.38. The van der Waals surface area contributed by atoms with Crippen LogP contribution in [0.25, 0.3) is 0 Å². The second-order valence-electron chi connectivity index (χ2n) is 4.53. The van der Waals surface area contributed by atoms with E-state index in [-0.39, 0.29) is 0 Å². The fourth-order valence-electron chi connectivity index (χ4n) is 1.38. The standard InChI is InChI=1S/C14H23NS/c1-4-9-15-10-13-5-7-14(8-6-13)16-11-12(2)3/h5-8,12,15H,4,9-11H2,1-3H3. The number of benzene rings is 1. The van der Waals surface area contributed by atoms with Crippen molar-refractivity contribution in [2.24, 2.45) is 5.92 Å². The Labute approximate surface area is 104 Å². The molecule has 0 fully saturated rings. The number of rotatable bonds is 7. The molecular weight excluding hydrogens is 214 g/mol. The highest BCUT2D eigenvalue weighted by Crippen LogP contribution is 2.20. The van der Waals surface area contributed by atoms with E-state index in [9.17, 15) is 0 Å². The fourth-order valence-corrected chi connectivity index (χ4v) is 2.23. The minimum absolute atomic E-state index is 0.760. The van der Waals surface area contributed by atoms with Crippen LogP contribution in [-0.4, -0.2) is 12.3 Å². The third-order valence-corrected chi connectivity index (χ3v) is 3.70. The smallest absolute Gasteiger partial charge is 0.0205 e. The first kappa shape index (κ1) is 13.6. The minimum atomic E-state index is 0.760. The molecule has 0 amide bonds. The molecule has 0 spiro atoms. The molecule has 1 rings (SSSR count). The maximum Gasteiger partial charge on any atom is 0.0205 e. The summed E-state index contributed by atoms with van der Waals surface area (Å²) < 4.78 is 0. The minimum Gasteiger partial charge on any atom is -0.313 e. The van der Waals surface area contributed by atoms with Crippen molar-refractivity contribution >= 4 is 11.8 Å². The highest BCUT2D eigenvalue weighted by Gasteiger charge is 1.98. The number of hydrogen-bond donors (Lipinski definition) is 1. The van der Waals surface area contributed by atoms with Crippen LogP contribution < -0.4 is 5.32 Å². The van der Waals surface area contributed by atoms with Gasteiger partial charge in [-0.3, -0.25) is 0 Å². The van der Waals surface area contributed by atoms with E-state index < -0.39 is 0 Å².